The number of hydrogen-bond donors (Lipinski definition) is 1. The summed E-state index contributed by atoms with van der Waals surface area (Å²) in [5.74, 6) is 2.89. The van der Waals surface area contributed by atoms with Crippen LogP contribution in [-0.4, -0.2) is 37.4 Å². The van der Waals surface area contributed by atoms with Gasteiger partial charge >= 0.3 is 0 Å². The van der Waals surface area contributed by atoms with Gasteiger partial charge in [0.2, 0.25) is 11.7 Å². The lowest BCUT2D eigenvalue weighted by molar-refractivity contribution is 0.265. The zero-order chi connectivity index (χ0) is 16.7. The van der Waals surface area contributed by atoms with Gasteiger partial charge in [0.15, 0.2) is 11.5 Å². The van der Waals surface area contributed by atoms with Crippen LogP contribution in [0.1, 0.15) is 25.2 Å². The number of ether oxygens (including phenoxy) is 2. The standard InChI is InChI=1S/C17H20ClN3O3/c1-22-13-7-10(6-12(18)14(13)23-2)15-20-16(24-21-15)17-5-3-4-11(17)8-19-9-17/h6-7,11,19H,3-5,8-9H2,1-2H3/t11-,17-/m1/s1. The van der Waals surface area contributed by atoms with Crippen LogP contribution in [0.2, 0.25) is 5.02 Å². The highest BCUT2D eigenvalue weighted by atomic mass is 35.5. The first-order chi connectivity index (χ1) is 11.7. The maximum Gasteiger partial charge on any atom is 0.234 e. The molecule has 128 valence electrons. The molecule has 0 radical (unpaired) electrons. The summed E-state index contributed by atoms with van der Waals surface area (Å²) >= 11 is 6.28. The summed E-state index contributed by atoms with van der Waals surface area (Å²) in [5, 5.41) is 8.12. The fourth-order valence-electron chi connectivity index (χ4n) is 4.09. The van der Waals surface area contributed by atoms with Crippen LogP contribution in [0.25, 0.3) is 11.4 Å². The normalized spacial score (nSPS) is 25.7. The maximum absolute atomic E-state index is 6.28. The first kappa shape index (κ1) is 15.7. The second kappa shape index (κ2) is 5.93. The van der Waals surface area contributed by atoms with Gasteiger partial charge in [-0.3, -0.25) is 0 Å². The van der Waals surface area contributed by atoms with Crippen molar-refractivity contribution in [3.63, 3.8) is 0 Å². The van der Waals surface area contributed by atoms with Crippen molar-refractivity contribution in [2.75, 3.05) is 27.3 Å². The number of hydrogen-bond acceptors (Lipinski definition) is 6. The molecule has 2 fully saturated rings. The van der Waals surface area contributed by atoms with E-state index >= 15 is 0 Å². The minimum absolute atomic E-state index is 0.00833. The summed E-state index contributed by atoms with van der Waals surface area (Å²) in [6, 6.07) is 3.59. The molecule has 1 N–H and O–H groups in total. The predicted octanol–water partition coefficient (Wildman–Crippen LogP) is 3.05. The molecule has 1 aliphatic heterocycles. The monoisotopic (exact) mass is 349 g/mol. The highest BCUT2D eigenvalue weighted by Gasteiger charge is 2.51. The molecule has 6 nitrogen and oxygen atoms in total. The van der Waals surface area contributed by atoms with Gasteiger partial charge in [-0.25, -0.2) is 0 Å². The summed E-state index contributed by atoms with van der Waals surface area (Å²) in [4.78, 5) is 4.70. The third kappa shape index (κ3) is 2.28. The molecule has 0 unspecified atom stereocenters. The van der Waals surface area contributed by atoms with Gasteiger partial charge in [0.25, 0.3) is 0 Å². The molecule has 4 rings (SSSR count). The second-order valence-corrected chi connectivity index (χ2v) is 6.90. The highest BCUT2D eigenvalue weighted by molar-refractivity contribution is 6.32. The van der Waals surface area contributed by atoms with Crippen LogP contribution in [0.5, 0.6) is 11.5 Å². The summed E-state index contributed by atoms with van der Waals surface area (Å²) in [5.41, 5.74) is 0.746. The molecule has 1 aromatic heterocycles. The largest absolute Gasteiger partial charge is 0.493 e. The average Bonchev–Trinajstić information content (AvgIpc) is 3.28. The number of nitrogens with zero attached hydrogens (tertiary/aromatic N) is 2. The first-order valence-corrected chi connectivity index (χ1v) is 8.52. The van der Waals surface area contributed by atoms with Crippen molar-refractivity contribution < 1.29 is 14.0 Å². The van der Waals surface area contributed by atoms with E-state index in [-0.39, 0.29) is 5.41 Å². The SMILES string of the molecule is COc1cc(-c2noc([C@@]34CCC[C@@H]3CNC4)n2)cc(Cl)c1OC. The number of halogens is 1. The molecule has 2 aliphatic rings. The summed E-state index contributed by atoms with van der Waals surface area (Å²) < 4.78 is 16.3. The molecule has 2 atom stereocenters. The maximum atomic E-state index is 6.28. The molecule has 1 saturated carbocycles. The highest BCUT2D eigenvalue weighted by Crippen LogP contribution is 2.47. The van der Waals surface area contributed by atoms with Crippen LogP contribution < -0.4 is 14.8 Å². The molecule has 24 heavy (non-hydrogen) atoms. The molecule has 1 aliphatic carbocycles. The number of methoxy groups -OCH3 is 2. The van der Waals surface area contributed by atoms with E-state index in [1.165, 1.54) is 12.8 Å². The molecule has 7 heteroatoms. The van der Waals surface area contributed by atoms with Crippen LogP contribution in [-0.2, 0) is 5.41 Å². The third-order valence-electron chi connectivity index (χ3n) is 5.33. The molecule has 0 spiro atoms. The van der Waals surface area contributed by atoms with Crippen LogP contribution in [0, 0.1) is 5.92 Å². The van der Waals surface area contributed by atoms with Crippen molar-refractivity contribution in [1.29, 1.82) is 0 Å². The summed E-state index contributed by atoms with van der Waals surface area (Å²) in [7, 11) is 3.13. The van der Waals surface area contributed by atoms with E-state index in [9.17, 15) is 0 Å². The van der Waals surface area contributed by atoms with Crippen molar-refractivity contribution in [2.24, 2.45) is 5.92 Å². The van der Waals surface area contributed by atoms with Gasteiger partial charge in [0.1, 0.15) is 0 Å². The number of fused-ring (bicyclic) bond motifs is 1. The Morgan fingerprint density at radius 1 is 1.33 bits per heavy atom. The predicted molar refractivity (Wildman–Crippen MR) is 89.7 cm³/mol. The van der Waals surface area contributed by atoms with E-state index in [0.29, 0.717) is 28.3 Å². The fourth-order valence-corrected chi connectivity index (χ4v) is 4.38. The molecule has 0 amide bonds. The third-order valence-corrected chi connectivity index (χ3v) is 5.61. The van der Waals surface area contributed by atoms with E-state index in [1.54, 1.807) is 20.3 Å². The Balaban J connectivity index is 1.72. The van der Waals surface area contributed by atoms with Crippen molar-refractivity contribution in [1.82, 2.24) is 15.5 Å². The lowest BCUT2D eigenvalue weighted by atomic mass is 9.80. The molecule has 2 aromatic rings. The van der Waals surface area contributed by atoms with Gasteiger partial charge in [-0.1, -0.05) is 23.2 Å². The summed E-state index contributed by atoms with van der Waals surface area (Å²) in [6.07, 6.45) is 3.53. The van der Waals surface area contributed by atoms with E-state index in [1.807, 2.05) is 6.07 Å². The van der Waals surface area contributed by atoms with E-state index in [2.05, 4.69) is 10.5 Å². The lowest BCUT2D eigenvalue weighted by Gasteiger charge is -2.22. The molecule has 1 saturated heterocycles. The van der Waals surface area contributed by atoms with Gasteiger partial charge in [0.05, 0.1) is 24.7 Å². The number of nitrogens with one attached hydrogen (secondary N) is 1. The van der Waals surface area contributed by atoms with Crippen LogP contribution >= 0.6 is 11.6 Å². The van der Waals surface area contributed by atoms with Crippen LogP contribution in [0.15, 0.2) is 16.7 Å². The Morgan fingerprint density at radius 3 is 3.00 bits per heavy atom. The Labute approximate surface area is 145 Å². The molecule has 0 bridgehead atoms. The molecular formula is C17H20ClN3O3. The number of benzene rings is 1. The van der Waals surface area contributed by atoms with Crippen molar-refractivity contribution in [3.8, 4) is 22.9 Å². The molecular weight excluding hydrogens is 330 g/mol. The molecule has 1 aromatic carbocycles. The van der Waals surface area contributed by atoms with Crippen LogP contribution in [0.3, 0.4) is 0 Å². The van der Waals surface area contributed by atoms with Crippen molar-refractivity contribution in [3.05, 3.63) is 23.0 Å². The first-order valence-electron chi connectivity index (χ1n) is 8.15. The number of aromatic nitrogens is 2. The number of rotatable bonds is 4. The summed E-state index contributed by atoms with van der Waals surface area (Å²) in [6.45, 7) is 1.94. The lowest BCUT2D eigenvalue weighted by Crippen LogP contribution is -2.31. The fraction of sp³-hybridized carbons (Fsp3) is 0.529. The Kier molecular flexibility index (Phi) is 3.89. The van der Waals surface area contributed by atoms with Gasteiger partial charge in [-0.05, 0) is 37.4 Å². The zero-order valence-electron chi connectivity index (χ0n) is 13.8. The average molecular weight is 350 g/mol. The Hall–Kier alpha value is -1.79. The smallest absolute Gasteiger partial charge is 0.234 e. The molecule has 2 heterocycles. The van der Waals surface area contributed by atoms with Gasteiger partial charge in [-0.2, -0.15) is 4.98 Å². The van der Waals surface area contributed by atoms with E-state index in [0.717, 1.165) is 31.0 Å². The quantitative estimate of drug-likeness (QED) is 0.914. The van der Waals surface area contributed by atoms with E-state index < -0.39 is 0 Å². The second-order valence-electron chi connectivity index (χ2n) is 6.49. The zero-order valence-corrected chi connectivity index (χ0v) is 14.5. The van der Waals surface area contributed by atoms with Gasteiger partial charge < -0.3 is 19.3 Å². The van der Waals surface area contributed by atoms with E-state index in [4.69, 9.17) is 30.6 Å². The van der Waals surface area contributed by atoms with Crippen molar-refractivity contribution >= 4 is 11.6 Å². The van der Waals surface area contributed by atoms with Gasteiger partial charge in [0, 0.05) is 12.1 Å². The van der Waals surface area contributed by atoms with Gasteiger partial charge in [-0.15, -0.1) is 0 Å². The minimum Gasteiger partial charge on any atom is -0.493 e. The topological polar surface area (TPSA) is 69.4 Å². The Bertz CT molecular complexity index is 752. The minimum atomic E-state index is -0.00833. The Morgan fingerprint density at radius 2 is 2.21 bits per heavy atom. The van der Waals surface area contributed by atoms with Crippen LogP contribution in [0.4, 0.5) is 0 Å². The van der Waals surface area contributed by atoms with Crippen molar-refractivity contribution in [2.45, 2.75) is 24.7 Å².